The van der Waals surface area contributed by atoms with Gasteiger partial charge in [-0.2, -0.15) is 5.10 Å². The van der Waals surface area contributed by atoms with Crippen LogP contribution in [0.3, 0.4) is 0 Å². The van der Waals surface area contributed by atoms with E-state index in [-0.39, 0.29) is 6.04 Å². The molecule has 0 saturated carbocycles. The van der Waals surface area contributed by atoms with Crippen LogP contribution in [0.5, 0.6) is 0 Å². The van der Waals surface area contributed by atoms with E-state index in [9.17, 15) is 9.59 Å². The van der Waals surface area contributed by atoms with E-state index in [1.807, 2.05) is 31.3 Å². The molecule has 0 saturated heterocycles. The topological polar surface area (TPSA) is 72.5 Å². The Labute approximate surface area is 167 Å². The number of anilines is 1. The predicted octanol–water partition coefficient (Wildman–Crippen LogP) is 1.68. The number of halogens is 1. The highest BCUT2D eigenvalue weighted by atomic mass is 35.5. The SMILES string of the molecule is C[C@@H](c1ccc(-n2cncn2)cc1)[NH+](C)CN1C(=O)C(=O)c2cc(Cl)ccc21. The zero-order valence-corrected chi connectivity index (χ0v) is 16.2. The van der Waals surface area contributed by atoms with Crippen LogP contribution >= 0.6 is 11.6 Å². The van der Waals surface area contributed by atoms with Crippen LogP contribution in [0.2, 0.25) is 5.02 Å². The van der Waals surface area contributed by atoms with Gasteiger partial charge in [0.2, 0.25) is 0 Å². The monoisotopic (exact) mass is 396 g/mol. The van der Waals surface area contributed by atoms with Gasteiger partial charge in [0.1, 0.15) is 18.7 Å². The Balaban J connectivity index is 1.51. The van der Waals surface area contributed by atoms with Crippen molar-refractivity contribution in [3.8, 4) is 5.69 Å². The van der Waals surface area contributed by atoms with Crippen LogP contribution in [0, 0.1) is 0 Å². The first-order chi connectivity index (χ1) is 13.5. The van der Waals surface area contributed by atoms with Crippen LogP contribution in [-0.2, 0) is 4.79 Å². The minimum absolute atomic E-state index is 0.115. The lowest BCUT2D eigenvalue weighted by Gasteiger charge is -2.27. The van der Waals surface area contributed by atoms with E-state index in [0.717, 1.165) is 16.2 Å². The number of hydrogen-bond donors (Lipinski definition) is 1. The van der Waals surface area contributed by atoms with Gasteiger partial charge in [0, 0.05) is 10.6 Å². The highest BCUT2D eigenvalue weighted by molar-refractivity contribution is 6.52. The van der Waals surface area contributed by atoms with E-state index in [4.69, 9.17) is 11.6 Å². The Hall–Kier alpha value is -3.03. The Morgan fingerprint density at radius 2 is 1.89 bits per heavy atom. The molecule has 7 nitrogen and oxygen atoms in total. The van der Waals surface area contributed by atoms with Gasteiger partial charge in [0.05, 0.1) is 24.0 Å². The number of ketones is 1. The fourth-order valence-corrected chi connectivity index (χ4v) is 3.53. The molecule has 1 unspecified atom stereocenters. The van der Waals surface area contributed by atoms with Crippen molar-refractivity contribution in [1.29, 1.82) is 0 Å². The first kappa shape index (κ1) is 18.3. The molecule has 4 rings (SSSR count). The zero-order valence-electron chi connectivity index (χ0n) is 15.5. The minimum atomic E-state index is -0.509. The lowest BCUT2D eigenvalue weighted by molar-refractivity contribution is -0.909. The van der Waals surface area contributed by atoms with E-state index in [0.29, 0.717) is 22.9 Å². The normalized spacial score (nSPS) is 15.6. The quantitative estimate of drug-likeness (QED) is 0.666. The highest BCUT2D eigenvalue weighted by Crippen LogP contribution is 2.30. The molecule has 142 valence electrons. The van der Waals surface area contributed by atoms with Crippen molar-refractivity contribution in [3.05, 3.63) is 71.3 Å². The van der Waals surface area contributed by atoms with E-state index >= 15 is 0 Å². The van der Waals surface area contributed by atoms with Crippen molar-refractivity contribution < 1.29 is 14.5 Å². The smallest absolute Gasteiger partial charge is 0.303 e. The number of rotatable bonds is 5. The van der Waals surface area contributed by atoms with E-state index < -0.39 is 11.7 Å². The van der Waals surface area contributed by atoms with Crippen LogP contribution < -0.4 is 9.80 Å². The second kappa shape index (κ2) is 7.18. The second-order valence-corrected chi connectivity index (χ2v) is 7.32. The molecule has 1 aliphatic rings. The third-order valence-corrected chi connectivity index (χ3v) is 5.39. The van der Waals surface area contributed by atoms with Gasteiger partial charge in [-0.25, -0.2) is 9.67 Å². The predicted molar refractivity (Wildman–Crippen MR) is 105 cm³/mol. The largest absolute Gasteiger partial charge is 0.314 e. The lowest BCUT2D eigenvalue weighted by Crippen LogP contribution is -3.10. The molecule has 2 atom stereocenters. The number of amides is 1. The van der Waals surface area contributed by atoms with Gasteiger partial charge in [0.25, 0.3) is 5.78 Å². The molecule has 3 aromatic rings. The minimum Gasteiger partial charge on any atom is -0.314 e. The van der Waals surface area contributed by atoms with Crippen molar-refractivity contribution in [1.82, 2.24) is 14.8 Å². The van der Waals surface area contributed by atoms with Crippen molar-refractivity contribution in [2.24, 2.45) is 0 Å². The maximum Gasteiger partial charge on any atom is 0.303 e. The molecule has 0 spiro atoms. The Morgan fingerprint density at radius 1 is 1.14 bits per heavy atom. The molecule has 8 heteroatoms. The second-order valence-electron chi connectivity index (χ2n) is 6.88. The molecule has 0 radical (unpaired) electrons. The lowest BCUT2D eigenvalue weighted by atomic mass is 10.1. The highest BCUT2D eigenvalue weighted by Gasteiger charge is 2.38. The molecule has 0 fully saturated rings. The molecule has 1 aliphatic heterocycles. The number of quaternary nitrogens is 1. The molecule has 0 aliphatic carbocycles. The van der Waals surface area contributed by atoms with Gasteiger partial charge in [-0.1, -0.05) is 23.7 Å². The maximum atomic E-state index is 12.4. The number of Topliss-reactive ketones (excluding diaryl/α,β-unsaturated/α-hetero) is 1. The number of carbonyl (C=O) groups excluding carboxylic acids is 2. The first-order valence-corrected chi connectivity index (χ1v) is 9.26. The summed E-state index contributed by atoms with van der Waals surface area (Å²) in [5.74, 6) is -1.01. The van der Waals surface area contributed by atoms with E-state index in [1.165, 1.54) is 11.2 Å². The van der Waals surface area contributed by atoms with Gasteiger partial charge < -0.3 is 4.90 Å². The number of fused-ring (bicyclic) bond motifs is 1. The van der Waals surface area contributed by atoms with Crippen LogP contribution in [0.25, 0.3) is 5.69 Å². The molecule has 1 amide bonds. The third-order valence-electron chi connectivity index (χ3n) is 5.16. The fraction of sp³-hybridized carbons (Fsp3) is 0.200. The average Bonchev–Trinajstić information content (AvgIpc) is 3.32. The molecule has 0 bridgehead atoms. The summed E-state index contributed by atoms with van der Waals surface area (Å²) in [6, 6.07) is 13.1. The van der Waals surface area contributed by atoms with E-state index in [1.54, 1.807) is 29.2 Å². The molecular weight excluding hydrogens is 378 g/mol. The number of nitrogens with one attached hydrogen (secondary N) is 1. The number of hydrogen-bond acceptors (Lipinski definition) is 4. The van der Waals surface area contributed by atoms with Crippen LogP contribution in [0.4, 0.5) is 5.69 Å². The number of carbonyl (C=O) groups is 2. The van der Waals surface area contributed by atoms with Gasteiger partial charge in [-0.3, -0.25) is 14.5 Å². The molecule has 2 aromatic carbocycles. The fourth-order valence-electron chi connectivity index (χ4n) is 3.36. The first-order valence-electron chi connectivity index (χ1n) is 8.88. The summed E-state index contributed by atoms with van der Waals surface area (Å²) in [5.41, 5.74) is 3.04. The van der Waals surface area contributed by atoms with Gasteiger partial charge in [-0.05, 0) is 37.3 Å². The Kier molecular flexibility index (Phi) is 4.70. The summed E-state index contributed by atoms with van der Waals surface area (Å²) in [4.78, 5) is 31.3. The van der Waals surface area contributed by atoms with E-state index in [2.05, 4.69) is 17.0 Å². The molecule has 28 heavy (non-hydrogen) atoms. The van der Waals surface area contributed by atoms with Crippen LogP contribution in [0.1, 0.15) is 28.9 Å². The summed E-state index contributed by atoms with van der Waals surface area (Å²) < 4.78 is 1.70. The van der Waals surface area contributed by atoms with Crippen molar-refractivity contribution >= 4 is 29.0 Å². The zero-order chi connectivity index (χ0) is 19.8. The summed E-state index contributed by atoms with van der Waals surface area (Å²) in [6.45, 7) is 2.47. The van der Waals surface area contributed by atoms with Gasteiger partial charge in [0.15, 0.2) is 6.67 Å². The summed E-state index contributed by atoms with van der Waals surface area (Å²) >= 11 is 5.97. The Bertz CT molecular complexity index is 1030. The number of aromatic nitrogens is 3. The Morgan fingerprint density at radius 3 is 2.57 bits per heavy atom. The van der Waals surface area contributed by atoms with Crippen LogP contribution in [-0.4, -0.2) is 40.2 Å². The number of nitrogens with zero attached hydrogens (tertiary/aromatic N) is 4. The summed E-state index contributed by atoms with van der Waals surface area (Å²) in [6.07, 6.45) is 3.14. The average molecular weight is 397 g/mol. The number of benzene rings is 2. The van der Waals surface area contributed by atoms with Crippen molar-refractivity contribution in [2.75, 3.05) is 18.6 Å². The standard InChI is InChI=1S/C20H18ClN5O2/c1-13(14-3-6-16(7-4-14)26-11-22-10-23-26)24(2)12-25-18-8-5-15(21)9-17(18)19(27)20(25)28/h3-11,13H,12H2,1-2H3/p+1/t13-/m0/s1. The maximum absolute atomic E-state index is 12.4. The van der Waals surface area contributed by atoms with Crippen molar-refractivity contribution in [3.63, 3.8) is 0 Å². The van der Waals surface area contributed by atoms with Crippen LogP contribution in [0.15, 0.2) is 55.1 Å². The van der Waals surface area contributed by atoms with Gasteiger partial charge in [-0.15, -0.1) is 0 Å². The third kappa shape index (κ3) is 3.19. The summed E-state index contributed by atoms with van der Waals surface area (Å²) in [5, 5.41) is 4.57. The van der Waals surface area contributed by atoms with Crippen molar-refractivity contribution in [2.45, 2.75) is 13.0 Å². The van der Waals surface area contributed by atoms with Gasteiger partial charge >= 0.3 is 5.91 Å². The molecular formula is C20H19ClN5O2+. The summed E-state index contributed by atoms with van der Waals surface area (Å²) in [7, 11) is 2.00. The molecule has 2 heterocycles. The molecule has 1 aromatic heterocycles. The molecule has 1 N–H and O–H groups in total.